The van der Waals surface area contributed by atoms with Crippen molar-refractivity contribution in [3.05, 3.63) is 41.7 Å². The van der Waals surface area contributed by atoms with Gasteiger partial charge in [0.2, 0.25) is 0 Å². The van der Waals surface area contributed by atoms with Crippen molar-refractivity contribution in [2.24, 2.45) is 16.7 Å². The molecule has 3 unspecified atom stereocenters. The van der Waals surface area contributed by atoms with Crippen LogP contribution in [0.4, 0.5) is 4.79 Å². The molecule has 1 aliphatic heterocycles. The Kier molecular flexibility index (Phi) is 4.84. The lowest BCUT2D eigenvalue weighted by atomic mass is 9.68. The van der Waals surface area contributed by atoms with E-state index in [0.29, 0.717) is 31.2 Å². The molecule has 0 radical (unpaired) electrons. The minimum Gasteiger partial charge on any atom is -0.453 e. The fourth-order valence-corrected chi connectivity index (χ4v) is 6.50. The van der Waals surface area contributed by atoms with Crippen molar-refractivity contribution in [1.29, 1.82) is 0 Å². The first kappa shape index (κ1) is 21.0. The number of fused-ring (bicyclic) bond motifs is 3. The maximum atomic E-state index is 13.6. The van der Waals surface area contributed by atoms with E-state index in [2.05, 4.69) is 30.7 Å². The number of hydrogen-bond donors (Lipinski definition) is 1. The second kappa shape index (κ2) is 7.36. The normalized spacial score (nSPS) is 27.8. The monoisotopic (exact) mass is 436 g/mol. The molecule has 1 aromatic heterocycles. The number of amides is 2. The second-order valence-corrected chi connectivity index (χ2v) is 10.5. The summed E-state index contributed by atoms with van der Waals surface area (Å²) in [5, 5.41) is 3.38. The first-order valence-electron chi connectivity index (χ1n) is 11.5. The molecular weight excluding hydrogens is 404 g/mol. The molecule has 1 aromatic carbocycles. The van der Waals surface area contributed by atoms with Crippen molar-refractivity contribution in [3.63, 3.8) is 0 Å². The summed E-state index contributed by atoms with van der Waals surface area (Å²) in [6.07, 6.45) is 3.17. The highest BCUT2D eigenvalue weighted by Crippen LogP contribution is 2.62. The van der Waals surface area contributed by atoms with E-state index in [-0.39, 0.29) is 28.9 Å². The third-order valence-electron chi connectivity index (χ3n) is 8.23. The summed E-state index contributed by atoms with van der Waals surface area (Å²) in [5.74, 6) is 1.27. The predicted molar refractivity (Wildman–Crippen MR) is 121 cm³/mol. The van der Waals surface area contributed by atoms with Gasteiger partial charge in [0.1, 0.15) is 5.82 Å². The van der Waals surface area contributed by atoms with Gasteiger partial charge >= 0.3 is 6.09 Å². The number of hydrogen-bond acceptors (Lipinski definition) is 4. The minimum absolute atomic E-state index is 0.0583. The van der Waals surface area contributed by atoms with Gasteiger partial charge in [-0.3, -0.25) is 4.79 Å². The molecule has 7 heteroatoms. The van der Waals surface area contributed by atoms with Crippen molar-refractivity contribution in [2.75, 3.05) is 13.7 Å². The third kappa shape index (κ3) is 3.12. The van der Waals surface area contributed by atoms with Crippen molar-refractivity contribution in [1.82, 2.24) is 19.8 Å². The van der Waals surface area contributed by atoms with Crippen LogP contribution in [-0.4, -0.2) is 46.1 Å². The molecule has 2 heterocycles. The van der Waals surface area contributed by atoms with Crippen LogP contribution in [0.5, 0.6) is 0 Å². The Morgan fingerprint density at radius 2 is 1.91 bits per heavy atom. The van der Waals surface area contributed by atoms with Crippen LogP contribution >= 0.6 is 0 Å². The van der Waals surface area contributed by atoms with E-state index in [9.17, 15) is 9.59 Å². The Morgan fingerprint density at radius 3 is 2.56 bits per heavy atom. The zero-order valence-corrected chi connectivity index (χ0v) is 19.4. The van der Waals surface area contributed by atoms with Gasteiger partial charge < -0.3 is 19.5 Å². The number of carbonyl (C=O) groups excluding carboxylic acids is 2. The van der Waals surface area contributed by atoms with Crippen LogP contribution in [0.3, 0.4) is 0 Å². The Balaban J connectivity index is 1.51. The molecule has 7 nitrogen and oxygen atoms in total. The molecule has 3 atom stereocenters. The summed E-state index contributed by atoms with van der Waals surface area (Å²) >= 11 is 0. The molecule has 2 amide bonds. The molecule has 1 N–H and O–H groups in total. The summed E-state index contributed by atoms with van der Waals surface area (Å²) in [6, 6.07) is 10.0. The molecule has 32 heavy (non-hydrogen) atoms. The van der Waals surface area contributed by atoms with Crippen molar-refractivity contribution in [2.45, 2.75) is 59.2 Å². The summed E-state index contributed by atoms with van der Waals surface area (Å²) in [7, 11) is 1.38. The summed E-state index contributed by atoms with van der Waals surface area (Å²) < 4.78 is 7.02. The summed E-state index contributed by atoms with van der Waals surface area (Å²) in [6.45, 7) is 8.27. The zero-order chi connectivity index (χ0) is 22.7. The first-order valence-corrected chi connectivity index (χ1v) is 11.5. The van der Waals surface area contributed by atoms with Gasteiger partial charge in [0, 0.05) is 24.7 Å². The second-order valence-electron chi connectivity index (χ2n) is 10.5. The summed E-state index contributed by atoms with van der Waals surface area (Å²) in [4.78, 5) is 32.3. The molecule has 5 rings (SSSR count). The molecule has 3 aliphatic rings. The van der Waals surface area contributed by atoms with Gasteiger partial charge in [0.05, 0.1) is 19.3 Å². The van der Waals surface area contributed by atoms with E-state index in [0.717, 1.165) is 29.9 Å². The van der Waals surface area contributed by atoms with Crippen LogP contribution in [0.15, 0.2) is 30.3 Å². The Hall–Kier alpha value is -2.83. The van der Waals surface area contributed by atoms with E-state index in [1.54, 1.807) is 4.90 Å². The largest absolute Gasteiger partial charge is 0.453 e. The predicted octanol–water partition coefficient (Wildman–Crippen LogP) is 4.08. The number of nitrogens with zero attached hydrogens (tertiary/aromatic N) is 3. The van der Waals surface area contributed by atoms with Gasteiger partial charge in [0.25, 0.3) is 5.91 Å². The maximum absolute atomic E-state index is 13.6. The van der Waals surface area contributed by atoms with Gasteiger partial charge in [-0.05, 0) is 36.0 Å². The smallest absolute Gasteiger partial charge is 0.409 e. The molecule has 170 valence electrons. The number of nitrogens with one attached hydrogen (secondary N) is 1. The first-order chi connectivity index (χ1) is 15.2. The molecule has 0 saturated heterocycles. The Labute approximate surface area is 189 Å². The number of methoxy groups -OCH3 is 1. The van der Waals surface area contributed by atoms with E-state index in [4.69, 9.17) is 9.72 Å². The van der Waals surface area contributed by atoms with Crippen LogP contribution < -0.4 is 5.32 Å². The van der Waals surface area contributed by atoms with E-state index >= 15 is 0 Å². The number of rotatable bonds is 3. The number of ether oxygens (including phenoxy) is 1. The van der Waals surface area contributed by atoms with Gasteiger partial charge in [-0.2, -0.15) is 0 Å². The van der Waals surface area contributed by atoms with E-state index in [1.165, 1.54) is 13.5 Å². The molecule has 2 aliphatic carbocycles. The molecule has 2 fully saturated rings. The number of aromatic nitrogens is 2. The van der Waals surface area contributed by atoms with Crippen LogP contribution in [0.1, 0.15) is 56.2 Å². The third-order valence-corrected chi connectivity index (χ3v) is 8.23. The fourth-order valence-electron chi connectivity index (χ4n) is 6.50. The zero-order valence-electron chi connectivity index (χ0n) is 19.4. The molecule has 0 spiro atoms. The Bertz CT molecular complexity index is 1060. The molecule has 2 aromatic rings. The SMILES string of the molecule is COC(=O)N1CCn2c(-c3ccccc3)nc(C(=O)NC3C4(C)CCC(C4)C3(C)C)c2C1. The van der Waals surface area contributed by atoms with Crippen LogP contribution in [0, 0.1) is 16.7 Å². The number of carbonyl (C=O) groups is 2. The highest BCUT2D eigenvalue weighted by Gasteiger charge is 2.59. The molecule has 2 bridgehead atoms. The topological polar surface area (TPSA) is 76.5 Å². The van der Waals surface area contributed by atoms with Crippen molar-refractivity contribution in [3.8, 4) is 11.4 Å². The standard InChI is InChI=1S/C25H32N4O3/c1-24(2)17-10-11-25(3,14-17)22(24)27-21(30)19-18-15-28(23(31)32-4)12-13-29(18)20(26-19)16-8-6-5-7-9-16/h5-9,17,22H,10-15H2,1-4H3,(H,27,30). The highest BCUT2D eigenvalue weighted by atomic mass is 16.5. The average molecular weight is 437 g/mol. The van der Waals surface area contributed by atoms with Gasteiger partial charge in [-0.1, -0.05) is 51.1 Å². The fraction of sp³-hybridized carbons (Fsp3) is 0.560. The molecule has 2 saturated carbocycles. The van der Waals surface area contributed by atoms with Gasteiger partial charge in [-0.25, -0.2) is 9.78 Å². The van der Waals surface area contributed by atoms with Crippen molar-refractivity contribution < 1.29 is 14.3 Å². The van der Waals surface area contributed by atoms with Crippen LogP contribution in [0.25, 0.3) is 11.4 Å². The number of benzene rings is 1. The summed E-state index contributed by atoms with van der Waals surface area (Å²) in [5.41, 5.74) is 2.34. The van der Waals surface area contributed by atoms with Crippen molar-refractivity contribution >= 4 is 12.0 Å². The quantitative estimate of drug-likeness (QED) is 0.787. The van der Waals surface area contributed by atoms with Crippen LogP contribution in [-0.2, 0) is 17.8 Å². The maximum Gasteiger partial charge on any atom is 0.409 e. The Morgan fingerprint density at radius 1 is 1.16 bits per heavy atom. The van der Waals surface area contributed by atoms with Gasteiger partial charge in [0.15, 0.2) is 5.69 Å². The lowest BCUT2D eigenvalue weighted by Gasteiger charge is -2.43. The molecular formula is C25H32N4O3. The lowest BCUT2D eigenvalue weighted by molar-refractivity contribution is 0.0729. The van der Waals surface area contributed by atoms with E-state index in [1.807, 2.05) is 30.3 Å². The van der Waals surface area contributed by atoms with E-state index < -0.39 is 0 Å². The highest BCUT2D eigenvalue weighted by molar-refractivity contribution is 5.95. The van der Waals surface area contributed by atoms with Gasteiger partial charge in [-0.15, -0.1) is 0 Å². The number of imidazole rings is 1. The minimum atomic E-state index is -0.383. The lowest BCUT2D eigenvalue weighted by Crippen LogP contribution is -2.52. The van der Waals surface area contributed by atoms with Crippen LogP contribution in [0.2, 0.25) is 0 Å². The average Bonchev–Trinajstić information content (AvgIpc) is 3.43.